The van der Waals surface area contributed by atoms with Crippen LogP contribution in [-0.4, -0.2) is 18.2 Å². The Balaban J connectivity index is 2.14. The average molecular weight is 335 g/mol. The van der Waals surface area contributed by atoms with E-state index in [9.17, 15) is 4.79 Å². The summed E-state index contributed by atoms with van der Waals surface area (Å²) in [5.41, 5.74) is 1.26. The second kappa shape index (κ2) is 7.98. The van der Waals surface area contributed by atoms with E-state index in [0.29, 0.717) is 6.42 Å². The number of hydrogen-bond acceptors (Lipinski definition) is 2. The van der Waals surface area contributed by atoms with Crippen molar-refractivity contribution in [1.29, 1.82) is 0 Å². The Morgan fingerprint density at radius 3 is 2.73 bits per heavy atom. The summed E-state index contributed by atoms with van der Waals surface area (Å²) >= 11 is 2.20. The molecule has 2 nitrogen and oxygen atoms in total. The van der Waals surface area contributed by atoms with E-state index in [1.54, 1.807) is 8.93 Å². The van der Waals surface area contributed by atoms with Crippen molar-refractivity contribution >= 4 is 36.0 Å². The summed E-state index contributed by atoms with van der Waals surface area (Å²) < 4.78 is 0. The van der Waals surface area contributed by atoms with Crippen molar-refractivity contribution in [2.75, 3.05) is 12.3 Å². The summed E-state index contributed by atoms with van der Waals surface area (Å²) in [5, 5.41) is 2.91. The molecule has 0 aliphatic carbocycles. The van der Waals surface area contributed by atoms with Crippen molar-refractivity contribution in [3.8, 4) is 0 Å². The molecule has 0 fully saturated rings. The molecule has 0 aliphatic rings. The van der Waals surface area contributed by atoms with Crippen LogP contribution < -0.4 is 5.32 Å². The Kier molecular flexibility index (Phi) is 6.83. The lowest BCUT2D eigenvalue weighted by Crippen LogP contribution is -2.25. The first kappa shape index (κ1) is 12.8. The van der Waals surface area contributed by atoms with E-state index >= 15 is 0 Å². The van der Waals surface area contributed by atoms with Crippen LogP contribution in [-0.2, 0) is 11.2 Å². The van der Waals surface area contributed by atoms with Crippen LogP contribution in [0.4, 0.5) is 0 Å². The van der Waals surface area contributed by atoms with E-state index in [0.717, 1.165) is 18.7 Å². The maximum Gasteiger partial charge on any atom is 0.220 e. The summed E-state index contributed by atoms with van der Waals surface area (Å²) in [6, 6.07) is 10.2. The minimum absolute atomic E-state index is 0.148. The lowest BCUT2D eigenvalue weighted by molar-refractivity contribution is -0.120. The van der Waals surface area contributed by atoms with E-state index in [-0.39, 0.29) is 5.91 Å². The smallest absolute Gasteiger partial charge is 0.220 e. The molecule has 4 heteroatoms. The van der Waals surface area contributed by atoms with Crippen molar-refractivity contribution in [1.82, 2.24) is 5.32 Å². The summed E-state index contributed by atoms with van der Waals surface area (Å²) in [7, 11) is 1.67. The molecule has 0 saturated carbocycles. The third-order valence-corrected chi connectivity index (χ3v) is 3.66. The zero-order valence-corrected chi connectivity index (χ0v) is 11.4. The van der Waals surface area contributed by atoms with Crippen molar-refractivity contribution in [3.63, 3.8) is 0 Å². The first-order chi connectivity index (χ1) is 7.33. The van der Waals surface area contributed by atoms with Gasteiger partial charge in [0.15, 0.2) is 0 Å². The Bertz CT molecular complexity index is 292. The maximum absolute atomic E-state index is 11.3. The third kappa shape index (κ3) is 6.04. The number of hydrogen-bond donors (Lipinski definition) is 1. The van der Waals surface area contributed by atoms with Crippen LogP contribution >= 0.6 is 30.1 Å². The zero-order valence-electron chi connectivity index (χ0n) is 8.41. The highest BCUT2D eigenvalue weighted by molar-refractivity contribution is 14.2. The van der Waals surface area contributed by atoms with Gasteiger partial charge in [-0.15, -0.1) is 0 Å². The zero-order chi connectivity index (χ0) is 10.9. The number of rotatable bonds is 6. The van der Waals surface area contributed by atoms with Crippen LogP contribution in [0.25, 0.3) is 0 Å². The van der Waals surface area contributed by atoms with E-state index in [4.69, 9.17) is 0 Å². The minimum Gasteiger partial charge on any atom is -0.356 e. The average Bonchev–Trinajstić information content (AvgIpc) is 2.28. The molecule has 0 aliphatic heterocycles. The molecule has 0 aromatic heterocycles. The minimum atomic E-state index is 0.148. The van der Waals surface area contributed by atoms with Gasteiger partial charge >= 0.3 is 0 Å². The highest BCUT2D eigenvalue weighted by Gasteiger charge is 1.99. The van der Waals surface area contributed by atoms with Crippen molar-refractivity contribution in [2.45, 2.75) is 12.8 Å². The standard InChI is InChI=1S/C11H14INOS/c12-15-9-7-11(14)13-8-6-10-4-2-1-3-5-10/h1-5H,6-9H2,(H,13,14). The lowest BCUT2D eigenvalue weighted by atomic mass is 10.1. The molecule has 15 heavy (non-hydrogen) atoms. The van der Waals surface area contributed by atoms with Gasteiger partial charge in [-0.2, -0.15) is 0 Å². The SMILES string of the molecule is O=C(CCSI)NCCc1ccccc1. The summed E-state index contributed by atoms with van der Waals surface area (Å²) in [6.07, 6.45) is 1.52. The van der Waals surface area contributed by atoms with Gasteiger partial charge in [0.05, 0.1) is 0 Å². The van der Waals surface area contributed by atoms with Gasteiger partial charge in [0, 0.05) is 18.7 Å². The summed E-state index contributed by atoms with van der Waals surface area (Å²) in [4.78, 5) is 11.3. The van der Waals surface area contributed by atoms with E-state index in [2.05, 4.69) is 38.7 Å². The van der Waals surface area contributed by atoms with Gasteiger partial charge in [-0.3, -0.25) is 4.79 Å². The van der Waals surface area contributed by atoms with E-state index in [1.807, 2.05) is 18.2 Å². The number of carbonyl (C=O) groups is 1. The summed E-state index contributed by atoms with van der Waals surface area (Å²) in [6.45, 7) is 0.731. The Labute approximate surface area is 107 Å². The van der Waals surface area contributed by atoms with Gasteiger partial charge in [-0.1, -0.05) is 39.3 Å². The molecule has 1 N–H and O–H groups in total. The molecule has 0 saturated heterocycles. The molecule has 1 aromatic carbocycles. The van der Waals surface area contributed by atoms with Gasteiger partial charge in [-0.05, 0) is 33.2 Å². The predicted octanol–water partition coefficient (Wildman–Crippen LogP) is 2.82. The van der Waals surface area contributed by atoms with E-state index < -0.39 is 0 Å². The van der Waals surface area contributed by atoms with Crippen LogP contribution in [0.3, 0.4) is 0 Å². The van der Waals surface area contributed by atoms with Gasteiger partial charge in [-0.25, -0.2) is 0 Å². The fraction of sp³-hybridized carbons (Fsp3) is 0.364. The van der Waals surface area contributed by atoms with Gasteiger partial charge in [0.1, 0.15) is 0 Å². The molecule has 0 unspecified atom stereocenters. The van der Waals surface area contributed by atoms with Crippen molar-refractivity contribution in [3.05, 3.63) is 35.9 Å². The second-order valence-corrected chi connectivity index (χ2v) is 5.64. The molecule has 82 valence electrons. The molecular weight excluding hydrogens is 321 g/mol. The molecule has 1 amide bonds. The van der Waals surface area contributed by atoms with Crippen LogP contribution in [0.1, 0.15) is 12.0 Å². The molecule has 0 radical (unpaired) electrons. The molecular formula is C11H14INOS. The fourth-order valence-corrected chi connectivity index (χ4v) is 2.13. The maximum atomic E-state index is 11.3. The molecule has 1 aromatic rings. The van der Waals surface area contributed by atoms with Crippen LogP contribution in [0, 0.1) is 0 Å². The Morgan fingerprint density at radius 2 is 2.07 bits per heavy atom. The largest absolute Gasteiger partial charge is 0.356 e. The highest BCUT2D eigenvalue weighted by Crippen LogP contribution is 2.11. The number of nitrogens with one attached hydrogen (secondary N) is 1. The first-order valence-electron chi connectivity index (χ1n) is 4.87. The molecule has 0 atom stereocenters. The topological polar surface area (TPSA) is 29.1 Å². The van der Waals surface area contributed by atoms with Crippen LogP contribution in [0.2, 0.25) is 0 Å². The third-order valence-electron chi connectivity index (χ3n) is 1.98. The number of carbonyl (C=O) groups excluding carboxylic acids is 1. The van der Waals surface area contributed by atoms with Gasteiger partial charge < -0.3 is 5.32 Å². The first-order valence-corrected chi connectivity index (χ1v) is 8.40. The molecule has 0 heterocycles. The van der Waals surface area contributed by atoms with Crippen LogP contribution in [0.5, 0.6) is 0 Å². The lowest BCUT2D eigenvalue weighted by Gasteiger charge is -2.04. The fourth-order valence-electron chi connectivity index (χ4n) is 1.21. The quantitative estimate of drug-likeness (QED) is 0.810. The normalized spacial score (nSPS) is 9.93. The number of benzene rings is 1. The molecule has 0 spiro atoms. The number of amides is 1. The highest BCUT2D eigenvalue weighted by atomic mass is 127. The van der Waals surface area contributed by atoms with Crippen molar-refractivity contribution < 1.29 is 4.79 Å². The van der Waals surface area contributed by atoms with Crippen LogP contribution in [0.15, 0.2) is 30.3 Å². The second-order valence-electron chi connectivity index (χ2n) is 3.15. The van der Waals surface area contributed by atoms with E-state index in [1.165, 1.54) is 5.56 Å². The molecule has 0 bridgehead atoms. The van der Waals surface area contributed by atoms with Gasteiger partial charge in [0.25, 0.3) is 0 Å². The summed E-state index contributed by atoms with van der Waals surface area (Å²) in [5.74, 6) is 1.03. The monoisotopic (exact) mass is 335 g/mol. The van der Waals surface area contributed by atoms with Crippen molar-refractivity contribution in [2.24, 2.45) is 0 Å². The number of halogens is 1. The van der Waals surface area contributed by atoms with Gasteiger partial charge in [0.2, 0.25) is 5.91 Å². The Morgan fingerprint density at radius 1 is 1.33 bits per heavy atom. The molecule has 1 rings (SSSR count). The predicted molar refractivity (Wildman–Crippen MR) is 74.3 cm³/mol. The Hall–Kier alpha value is -0.230.